The highest BCUT2D eigenvalue weighted by Crippen LogP contribution is 2.31. The van der Waals surface area contributed by atoms with E-state index in [4.69, 9.17) is 0 Å². The van der Waals surface area contributed by atoms with Gasteiger partial charge in [-0.1, -0.05) is 78.9 Å². The Bertz CT molecular complexity index is 990. The predicted molar refractivity (Wildman–Crippen MR) is 106 cm³/mol. The van der Waals surface area contributed by atoms with E-state index < -0.39 is 0 Å². The summed E-state index contributed by atoms with van der Waals surface area (Å²) in [5, 5.41) is 6.17. The van der Waals surface area contributed by atoms with Crippen LogP contribution in [-0.2, 0) is 4.79 Å². The van der Waals surface area contributed by atoms with Crippen molar-refractivity contribution in [3.8, 4) is 0 Å². The van der Waals surface area contributed by atoms with E-state index in [1.165, 1.54) is 5.01 Å². The van der Waals surface area contributed by atoms with E-state index >= 15 is 0 Å². The highest BCUT2D eigenvalue weighted by Gasteiger charge is 2.33. The first-order valence-electron chi connectivity index (χ1n) is 8.56. The fraction of sp³-hybridized carbons (Fsp3) is 0.0435. The molecule has 3 nitrogen and oxygen atoms in total. The molecule has 3 aromatic rings. The SMILES string of the molecule is C/C(=C1/C(=O)N(c2ccccc2)N=C1c1ccccc1)c1ccccc1. The van der Waals surface area contributed by atoms with Crippen molar-refractivity contribution in [3.63, 3.8) is 0 Å². The van der Waals surface area contributed by atoms with Gasteiger partial charge in [-0.05, 0) is 30.2 Å². The van der Waals surface area contributed by atoms with E-state index in [0.717, 1.165) is 22.4 Å². The zero-order chi connectivity index (χ0) is 17.9. The summed E-state index contributed by atoms with van der Waals surface area (Å²) in [5.74, 6) is -0.101. The van der Waals surface area contributed by atoms with Gasteiger partial charge in [-0.15, -0.1) is 0 Å². The fourth-order valence-electron chi connectivity index (χ4n) is 3.12. The van der Waals surface area contributed by atoms with Crippen LogP contribution in [0.5, 0.6) is 0 Å². The Kier molecular flexibility index (Phi) is 4.20. The second-order valence-electron chi connectivity index (χ2n) is 6.13. The molecular weight excluding hydrogens is 320 g/mol. The molecule has 0 N–H and O–H groups in total. The number of anilines is 1. The highest BCUT2D eigenvalue weighted by atomic mass is 16.2. The first-order valence-corrected chi connectivity index (χ1v) is 8.56. The van der Waals surface area contributed by atoms with Gasteiger partial charge in [-0.3, -0.25) is 4.79 Å². The van der Waals surface area contributed by atoms with Crippen LogP contribution in [0.3, 0.4) is 0 Å². The summed E-state index contributed by atoms with van der Waals surface area (Å²) in [5.41, 5.74) is 5.00. The van der Waals surface area contributed by atoms with Crippen LogP contribution in [0, 0.1) is 0 Å². The lowest BCUT2D eigenvalue weighted by atomic mass is 9.94. The van der Waals surface area contributed by atoms with Crippen LogP contribution >= 0.6 is 0 Å². The van der Waals surface area contributed by atoms with E-state index in [9.17, 15) is 4.79 Å². The zero-order valence-corrected chi connectivity index (χ0v) is 14.5. The number of amides is 1. The van der Waals surface area contributed by atoms with E-state index in [1.54, 1.807) is 0 Å². The van der Waals surface area contributed by atoms with Crippen LogP contribution < -0.4 is 5.01 Å². The molecule has 0 unspecified atom stereocenters. The molecule has 0 aromatic heterocycles. The maximum absolute atomic E-state index is 13.3. The molecule has 0 bridgehead atoms. The molecule has 4 rings (SSSR count). The third-order valence-corrected chi connectivity index (χ3v) is 4.47. The fourth-order valence-corrected chi connectivity index (χ4v) is 3.12. The number of hydrazone groups is 1. The monoisotopic (exact) mass is 338 g/mol. The number of carbonyl (C=O) groups is 1. The largest absolute Gasteiger partial charge is 0.281 e. The Morgan fingerprint density at radius 2 is 1.31 bits per heavy atom. The van der Waals surface area contributed by atoms with Gasteiger partial charge in [0.15, 0.2) is 0 Å². The van der Waals surface area contributed by atoms with Gasteiger partial charge in [0.05, 0.1) is 11.3 Å². The minimum absolute atomic E-state index is 0.101. The average molecular weight is 338 g/mol. The number of carbonyl (C=O) groups excluding carboxylic acids is 1. The molecular formula is C23H18N2O. The van der Waals surface area contributed by atoms with Crippen LogP contribution in [0.4, 0.5) is 5.69 Å². The minimum atomic E-state index is -0.101. The van der Waals surface area contributed by atoms with Gasteiger partial charge in [0, 0.05) is 5.56 Å². The third-order valence-electron chi connectivity index (χ3n) is 4.47. The molecule has 0 saturated carbocycles. The molecule has 126 valence electrons. The Balaban J connectivity index is 1.89. The molecule has 3 heteroatoms. The van der Waals surface area contributed by atoms with Crippen molar-refractivity contribution in [3.05, 3.63) is 108 Å². The van der Waals surface area contributed by atoms with Gasteiger partial charge < -0.3 is 0 Å². The number of para-hydroxylation sites is 1. The number of nitrogens with zero attached hydrogens (tertiary/aromatic N) is 2. The smallest absolute Gasteiger partial charge is 0.267 e. The van der Waals surface area contributed by atoms with E-state index in [1.807, 2.05) is 97.9 Å². The Morgan fingerprint density at radius 1 is 0.769 bits per heavy atom. The topological polar surface area (TPSA) is 32.7 Å². The predicted octanol–water partition coefficient (Wildman–Crippen LogP) is 4.91. The molecule has 0 fully saturated rings. The number of hydrogen-bond acceptors (Lipinski definition) is 2. The number of rotatable bonds is 3. The summed E-state index contributed by atoms with van der Waals surface area (Å²) in [6.07, 6.45) is 0. The van der Waals surface area contributed by atoms with Gasteiger partial charge in [-0.25, -0.2) is 0 Å². The minimum Gasteiger partial charge on any atom is -0.267 e. The Hall–Kier alpha value is -3.46. The quantitative estimate of drug-likeness (QED) is 0.625. The number of benzene rings is 3. The van der Waals surface area contributed by atoms with E-state index in [-0.39, 0.29) is 5.91 Å². The lowest BCUT2D eigenvalue weighted by Crippen LogP contribution is -2.22. The average Bonchev–Trinajstić information content (AvgIpc) is 3.06. The van der Waals surface area contributed by atoms with Crippen molar-refractivity contribution < 1.29 is 4.79 Å². The summed E-state index contributed by atoms with van der Waals surface area (Å²) in [6, 6.07) is 29.4. The van der Waals surface area contributed by atoms with Crippen molar-refractivity contribution in [2.24, 2.45) is 5.10 Å². The zero-order valence-electron chi connectivity index (χ0n) is 14.5. The molecule has 26 heavy (non-hydrogen) atoms. The van der Waals surface area contributed by atoms with Gasteiger partial charge in [-0.2, -0.15) is 10.1 Å². The summed E-state index contributed by atoms with van der Waals surface area (Å²) in [6.45, 7) is 1.98. The normalized spacial score (nSPS) is 15.8. The van der Waals surface area contributed by atoms with Crippen molar-refractivity contribution in [2.75, 3.05) is 5.01 Å². The first-order chi connectivity index (χ1) is 12.8. The summed E-state index contributed by atoms with van der Waals surface area (Å²) >= 11 is 0. The second kappa shape index (κ2) is 6.81. The second-order valence-corrected chi connectivity index (χ2v) is 6.13. The van der Waals surface area contributed by atoms with Crippen LogP contribution in [0.2, 0.25) is 0 Å². The van der Waals surface area contributed by atoms with Crippen molar-refractivity contribution in [2.45, 2.75) is 6.92 Å². The Morgan fingerprint density at radius 3 is 1.92 bits per heavy atom. The van der Waals surface area contributed by atoms with E-state index in [0.29, 0.717) is 11.3 Å². The van der Waals surface area contributed by atoms with Crippen LogP contribution in [-0.4, -0.2) is 11.6 Å². The maximum Gasteiger partial charge on any atom is 0.281 e. The van der Waals surface area contributed by atoms with Gasteiger partial charge in [0.1, 0.15) is 5.71 Å². The van der Waals surface area contributed by atoms with Crippen molar-refractivity contribution in [1.82, 2.24) is 0 Å². The highest BCUT2D eigenvalue weighted by molar-refractivity contribution is 6.38. The molecule has 0 spiro atoms. The summed E-state index contributed by atoms with van der Waals surface area (Å²) in [7, 11) is 0. The molecule has 1 aliphatic heterocycles. The Labute approximate surface area is 152 Å². The summed E-state index contributed by atoms with van der Waals surface area (Å²) in [4.78, 5) is 13.3. The summed E-state index contributed by atoms with van der Waals surface area (Å²) < 4.78 is 0. The lowest BCUT2D eigenvalue weighted by Gasteiger charge is -2.12. The number of hydrogen-bond donors (Lipinski definition) is 0. The van der Waals surface area contributed by atoms with Crippen LogP contribution in [0.1, 0.15) is 18.1 Å². The van der Waals surface area contributed by atoms with E-state index in [2.05, 4.69) is 5.10 Å². The molecule has 3 aromatic carbocycles. The third kappa shape index (κ3) is 2.84. The van der Waals surface area contributed by atoms with Crippen molar-refractivity contribution in [1.29, 1.82) is 0 Å². The standard InChI is InChI=1S/C23H18N2O/c1-17(18-11-5-2-6-12-18)21-22(19-13-7-3-8-14-19)24-25(23(21)26)20-15-9-4-10-16-20/h2-16H,1H3/b21-17-. The first kappa shape index (κ1) is 16.0. The molecule has 0 radical (unpaired) electrons. The molecule has 1 amide bonds. The lowest BCUT2D eigenvalue weighted by molar-refractivity contribution is -0.114. The molecule has 0 saturated heterocycles. The molecule has 1 heterocycles. The number of allylic oxidation sites excluding steroid dienone is 1. The van der Waals surface area contributed by atoms with Crippen LogP contribution in [0.15, 0.2) is 102 Å². The van der Waals surface area contributed by atoms with Gasteiger partial charge in [0.2, 0.25) is 0 Å². The maximum atomic E-state index is 13.3. The van der Waals surface area contributed by atoms with Crippen molar-refractivity contribution >= 4 is 22.9 Å². The van der Waals surface area contributed by atoms with Gasteiger partial charge >= 0.3 is 0 Å². The van der Waals surface area contributed by atoms with Gasteiger partial charge in [0.25, 0.3) is 5.91 Å². The molecule has 0 atom stereocenters. The van der Waals surface area contributed by atoms with Crippen LogP contribution in [0.25, 0.3) is 5.57 Å². The molecule has 0 aliphatic carbocycles. The molecule has 1 aliphatic rings.